The Morgan fingerprint density at radius 1 is 1.40 bits per heavy atom. The minimum atomic E-state index is 0.485. The lowest BCUT2D eigenvalue weighted by Crippen LogP contribution is -1.65. The van der Waals surface area contributed by atoms with Gasteiger partial charge >= 0.3 is 0 Å². The quantitative estimate of drug-likeness (QED) is 0.422. The summed E-state index contributed by atoms with van der Waals surface area (Å²) in [7, 11) is 0. The first kappa shape index (κ1) is 9.07. The van der Waals surface area contributed by atoms with Crippen molar-refractivity contribution < 1.29 is 0 Å². The van der Waals surface area contributed by atoms with E-state index in [2.05, 4.69) is 25.0 Å². The van der Waals surface area contributed by atoms with Crippen molar-refractivity contribution in [2.45, 2.75) is 6.92 Å². The lowest BCUT2D eigenvalue weighted by atomic mass is 10.3. The van der Waals surface area contributed by atoms with E-state index in [1.165, 1.54) is 0 Å². The van der Waals surface area contributed by atoms with Gasteiger partial charge in [0.2, 0.25) is 0 Å². The topological polar surface area (TPSA) is 0 Å². The Morgan fingerprint density at radius 2 is 2.00 bits per heavy atom. The van der Waals surface area contributed by atoms with Crippen LogP contribution < -0.4 is 0 Å². The van der Waals surface area contributed by atoms with Crippen molar-refractivity contribution in [3.8, 4) is 11.8 Å². The first-order valence-electron chi connectivity index (χ1n) is 2.81. The largest absolute Gasteiger partial charge is 0.101 e. The molecule has 0 atom stereocenters. The van der Waals surface area contributed by atoms with E-state index in [9.17, 15) is 0 Å². The van der Waals surface area contributed by atoms with Crippen LogP contribution in [0.4, 0.5) is 0 Å². The summed E-state index contributed by atoms with van der Waals surface area (Å²) in [5.74, 6) is 5.49. The van der Waals surface area contributed by atoms with E-state index in [0.29, 0.717) is 5.03 Å². The minimum Gasteiger partial charge on any atom is -0.101 e. The first-order chi connectivity index (χ1) is 4.66. The van der Waals surface area contributed by atoms with Crippen LogP contribution >= 0.6 is 11.6 Å². The molecule has 0 fully saturated rings. The maximum Gasteiger partial charge on any atom is 0.0334 e. The summed E-state index contributed by atoms with van der Waals surface area (Å²) in [5.41, 5.74) is 0.740. The van der Waals surface area contributed by atoms with Gasteiger partial charge in [-0.05, 0) is 19.1 Å². The number of hydrogen-bond donors (Lipinski definition) is 0. The Hall–Kier alpha value is -0.930. The molecule has 0 aliphatic rings. The molecule has 0 nitrogen and oxygen atoms in total. The number of rotatable bonds is 2. The van der Waals surface area contributed by atoms with Crippen molar-refractivity contribution in [2.24, 2.45) is 0 Å². The molecule has 0 aromatic heterocycles. The Kier molecular flexibility index (Phi) is 4.45. The molecule has 0 aromatic carbocycles. The van der Waals surface area contributed by atoms with Gasteiger partial charge in [-0.15, -0.1) is 5.92 Å². The van der Waals surface area contributed by atoms with Crippen molar-refractivity contribution in [1.82, 2.24) is 0 Å². The van der Waals surface area contributed by atoms with Crippen LogP contribution in [-0.2, 0) is 0 Å². The predicted molar refractivity (Wildman–Crippen MR) is 46.7 cm³/mol. The highest BCUT2D eigenvalue weighted by atomic mass is 35.5. The maximum absolute atomic E-state index is 5.45. The Labute approximate surface area is 66.9 Å². The molecule has 0 bridgehead atoms. The second-order valence-electron chi connectivity index (χ2n) is 1.68. The molecule has 0 N–H and O–H groups in total. The van der Waals surface area contributed by atoms with Crippen LogP contribution in [0.3, 0.4) is 0 Å². The van der Waals surface area contributed by atoms with Gasteiger partial charge < -0.3 is 0 Å². The molecule has 0 aliphatic carbocycles. The number of halogens is 1. The van der Waals surface area contributed by atoms with E-state index in [0.717, 1.165) is 5.57 Å². The van der Waals surface area contributed by atoms with E-state index in [-0.39, 0.29) is 0 Å². The molecule has 0 amide bonds. The van der Waals surface area contributed by atoms with Crippen molar-refractivity contribution in [2.75, 3.05) is 0 Å². The van der Waals surface area contributed by atoms with Crippen LogP contribution in [0.25, 0.3) is 0 Å². The highest BCUT2D eigenvalue weighted by Gasteiger charge is 1.78. The Morgan fingerprint density at radius 3 is 2.40 bits per heavy atom. The zero-order valence-electron chi connectivity index (χ0n) is 5.95. The molecule has 0 rings (SSSR count). The Balaban J connectivity index is 3.99. The fourth-order valence-electron chi connectivity index (χ4n) is 0.393. The second-order valence-corrected chi connectivity index (χ2v) is 2.17. The van der Waals surface area contributed by atoms with Gasteiger partial charge in [-0.3, -0.25) is 0 Å². The normalized spacial score (nSPS) is 8.60. The summed E-state index contributed by atoms with van der Waals surface area (Å²) in [4.78, 5) is 0. The molecule has 0 heterocycles. The van der Waals surface area contributed by atoms with Crippen LogP contribution in [0.1, 0.15) is 6.92 Å². The molecule has 0 unspecified atom stereocenters. The summed E-state index contributed by atoms with van der Waals surface area (Å²) in [6, 6.07) is 0. The summed E-state index contributed by atoms with van der Waals surface area (Å²) >= 11 is 5.45. The van der Waals surface area contributed by atoms with E-state index < -0.39 is 0 Å². The molecule has 0 aromatic rings. The van der Waals surface area contributed by atoms with Gasteiger partial charge in [0.15, 0.2) is 0 Å². The van der Waals surface area contributed by atoms with E-state index in [1.807, 2.05) is 0 Å². The standard InChI is InChI=1S/C9H9Cl/c1-4-5-8(2)6-7-9(3)10/h6-7H,2-3H2,1H3/b7-6-. The SMILES string of the molecule is C=C(Cl)/C=C\C(=C)C#CC. The first-order valence-corrected chi connectivity index (χ1v) is 3.18. The van der Waals surface area contributed by atoms with E-state index >= 15 is 0 Å². The smallest absolute Gasteiger partial charge is 0.0334 e. The van der Waals surface area contributed by atoms with Gasteiger partial charge in [0, 0.05) is 10.6 Å². The molecular weight excluding hydrogens is 144 g/mol. The van der Waals surface area contributed by atoms with Gasteiger partial charge in [0.1, 0.15) is 0 Å². The molecule has 0 saturated carbocycles. The monoisotopic (exact) mass is 152 g/mol. The molecule has 1 heteroatoms. The number of hydrogen-bond acceptors (Lipinski definition) is 0. The molecule has 0 spiro atoms. The van der Waals surface area contributed by atoms with Gasteiger partial charge in [-0.25, -0.2) is 0 Å². The molecule has 0 saturated heterocycles. The second kappa shape index (κ2) is 4.90. The fourth-order valence-corrected chi connectivity index (χ4v) is 0.456. The van der Waals surface area contributed by atoms with Crippen molar-refractivity contribution in [3.05, 3.63) is 35.9 Å². The van der Waals surface area contributed by atoms with Gasteiger partial charge in [0.25, 0.3) is 0 Å². The predicted octanol–water partition coefficient (Wildman–Crippen LogP) is 2.87. The van der Waals surface area contributed by atoms with Crippen molar-refractivity contribution >= 4 is 11.6 Å². The molecule has 52 valence electrons. The highest BCUT2D eigenvalue weighted by molar-refractivity contribution is 6.30. The lowest BCUT2D eigenvalue weighted by molar-refractivity contribution is 1.78. The average Bonchev–Trinajstić information content (AvgIpc) is 1.85. The molecule has 0 aliphatic heterocycles. The van der Waals surface area contributed by atoms with Crippen LogP contribution in [0.15, 0.2) is 35.9 Å². The van der Waals surface area contributed by atoms with Crippen molar-refractivity contribution in [1.29, 1.82) is 0 Å². The zero-order valence-corrected chi connectivity index (χ0v) is 6.70. The summed E-state index contributed by atoms with van der Waals surface area (Å²) in [6.45, 7) is 8.89. The fraction of sp³-hybridized carbons (Fsp3) is 0.111. The van der Waals surface area contributed by atoms with Gasteiger partial charge in [-0.1, -0.05) is 30.7 Å². The third-order valence-electron chi connectivity index (χ3n) is 0.751. The van der Waals surface area contributed by atoms with Crippen molar-refractivity contribution in [3.63, 3.8) is 0 Å². The average molecular weight is 153 g/mol. The minimum absolute atomic E-state index is 0.485. The van der Waals surface area contributed by atoms with Gasteiger partial charge in [-0.2, -0.15) is 0 Å². The summed E-state index contributed by atoms with van der Waals surface area (Å²) in [6.07, 6.45) is 3.39. The highest BCUT2D eigenvalue weighted by Crippen LogP contribution is 2.00. The maximum atomic E-state index is 5.45. The van der Waals surface area contributed by atoms with Gasteiger partial charge in [0.05, 0.1) is 0 Å². The van der Waals surface area contributed by atoms with E-state index in [1.54, 1.807) is 19.1 Å². The summed E-state index contributed by atoms with van der Waals surface area (Å²) < 4.78 is 0. The lowest BCUT2D eigenvalue weighted by Gasteiger charge is -1.82. The third kappa shape index (κ3) is 5.21. The van der Waals surface area contributed by atoms with Crippen LogP contribution in [0.2, 0.25) is 0 Å². The number of allylic oxidation sites excluding steroid dienone is 4. The molecular formula is C9H9Cl. The zero-order chi connectivity index (χ0) is 7.98. The van der Waals surface area contributed by atoms with Crippen LogP contribution in [0, 0.1) is 11.8 Å². The third-order valence-corrected chi connectivity index (χ3v) is 0.877. The molecule has 0 radical (unpaired) electrons. The van der Waals surface area contributed by atoms with Crippen LogP contribution in [0.5, 0.6) is 0 Å². The van der Waals surface area contributed by atoms with Crippen LogP contribution in [-0.4, -0.2) is 0 Å². The summed E-state index contributed by atoms with van der Waals surface area (Å²) in [5, 5.41) is 0.485. The Bertz CT molecular complexity index is 223. The molecule has 10 heavy (non-hydrogen) atoms. The van der Waals surface area contributed by atoms with E-state index in [4.69, 9.17) is 11.6 Å².